The average molecular weight is 449 g/mol. The van der Waals surface area contributed by atoms with Crippen molar-refractivity contribution in [2.75, 3.05) is 25.1 Å². The third kappa shape index (κ3) is 3.64. The zero-order valence-electron chi connectivity index (χ0n) is 19.1. The molecule has 0 unspecified atom stereocenters. The highest BCUT2D eigenvalue weighted by molar-refractivity contribution is 6.10. The minimum absolute atomic E-state index is 0.0221. The predicted octanol–water partition coefficient (Wildman–Crippen LogP) is 3.38. The molecule has 0 bridgehead atoms. The van der Waals surface area contributed by atoms with Gasteiger partial charge in [-0.2, -0.15) is 0 Å². The molecule has 3 aromatic heterocycles. The van der Waals surface area contributed by atoms with Crippen molar-refractivity contribution in [3.63, 3.8) is 0 Å². The van der Waals surface area contributed by atoms with Crippen molar-refractivity contribution >= 4 is 22.8 Å². The topological polar surface area (TPSA) is 106 Å². The summed E-state index contributed by atoms with van der Waals surface area (Å²) in [6.07, 6.45) is 8.01. The molecule has 33 heavy (non-hydrogen) atoms. The second kappa shape index (κ2) is 7.76. The first-order valence-corrected chi connectivity index (χ1v) is 11.7. The number of amides is 1. The minimum atomic E-state index is -0.0677. The number of anilines is 1. The summed E-state index contributed by atoms with van der Waals surface area (Å²) in [6.45, 7) is 6.62. The Kier molecular flexibility index (Phi) is 4.83. The van der Waals surface area contributed by atoms with E-state index in [-0.39, 0.29) is 11.4 Å². The number of nitrogens with one attached hydrogen (secondary N) is 1. The third-order valence-corrected chi connectivity index (χ3v) is 7.23. The van der Waals surface area contributed by atoms with Crippen molar-refractivity contribution in [1.82, 2.24) is 24.8 Å². The van der Waals surface area contributed by atoms with Crippen LogP contribution in [-0.4, -0.2) is 56.0 Å². The maximum atomic E-state index is 13.7. The number of rotatable bonds is 4. The molecule has 2 aliphatic heterocycles. The van der Waals surface area contributed by atoms with Gasteiger partial charge in [0.15, 0.2) is 0 Å². The lowest BCUT2D eigenvalue weighted by Gasteiger charge is -2.31. The van der Waals surface area contributed by atoms with E-state index in [4.69, 9.17) is 9.15 Å². The Hall–Kier alpha value is -3.07. The standard InChI is InChI=1S/C24H28N6O3/c1-14-18(19-21(29-24(2)6-7-24)27-13-28-22(19)33-14)23(31)30-8-3-16-17(11-30)25-12-26-20(16)15-4-9-32-10-5-15/h12-13,15H,3-11H2,1-2H3,(H,27,28,29). The molecule has 0 atom stereocenters. The molecule has 1 saturated carbocycles. The van der Waals surface area contributed by atoms with Crippen molar-refractivity contribution in [3.8, 4) is 0 Å². The van der Waals surface area contributed by atoms with Crippen LogP contribution in [0, 0.1) is 6.92 Å². The zero-order valence-corrected chi connectivity index (χ0v) is 19.1. The second-order valence-electron chi connectivity index (χ2n) is 9.67. The van der Waals surface area contributed by atoms with Gasteiger partial charge in [0.05, 0.1) is 28.9 Å². The van der Waals surface area contributed by atoms with E-state index in [0.29, 0.717) is 47.2 Å². The SMILES string of the molecule is Cc1oc2ncnc(NC3(C)CC3)c2c1C(=O)N1CCc2c(ncnc2C2CCOCC2)C1. The van der Waals surface area contributed by atoms with Gasteiger partial charge in [-0.1, -0.05) is 0 Å². The number of furan rings is 1. The lowest BCUT2D eigenvalue weighted by atomic mass is 9.89. The van der Waals surface area contributed by atoms with Crippen LogP contribution in [0.3, 0.4) is 0 Å². The lowest BCUT2D eigenvalue weighted by Crippen LogP contribution is -2.37. The van der Waals surface area contributed by atoms with E-state index in [1.807, 2.05) is 11.8 Å². The number of carbonyl (C=O) groups excluding carboxylic acids is 1. The van der Waals surface area contributed by atoms with Gasteiger partial charge in [-0.25, -0.2) is 19.9 Å². The third-order valence-electron chi connectivity index (χ3n) is 7.23. The molecule has 9 heteroatoms. The maximum absolute atomic E-state index is 13.7. The summed E-state index contributed by atoms with van der Waals surface area (Å²) in [6, 6.07) is 0. The van der Waals surface area contributed by atoms with E-state index in [0.717, 1.165) is 56.7 Å². The first-order chi connectivity index (χ1) is 16.0. The Morgan fingerprint density at radius 3 is 2.73 bits per heavy atom. The Labute approximate surface area is 192 Å². The van der Waals surface area contributed by atoms with Crippen molar-refractivity contribution in [3.05, 3.63) is 40.9 Å². The molecule has 1 aliphatic carbocycles. The molecule has 1 N–H and O–H groups in total. The molecule has 172 valence electrons. The minimum Gasteiger partial charge on any atom is -0.442 e. The van der Waals surface area contributed by atoms with E-state index in [9.17, 15) is 4.79 Å². The summed E-state index contributed by atoms with van der Waals surface area (Å²) in [7, 11) is 0. The number of aromatic nitrogens is 4. The van der Waals surface area contributed by atoms with Crippen LogP contribution in [0.5, 0.6) is 0 Å². The van der Waals surface area contributed by atoms with Crippen LogP contribution < -0.4 is 5.32 Å². The van der Waals surface area contributed by atoms with Crippen LogP contribution in [0.2, 0.25) is 0 Å². The predicted molar refractivity (Wildman–Crippen MR) is 121 cm³/mol. The molecular weight excluding hydrogens is 420 g/mol. The second-order valence-corrected chi connectivity index (χ2v) is 9.67. The molecule has 1 amide bonds. The van der Waals surface area contributed by atoms with E-state index in [1.165, 1.54) is 11.9 Å². The van der Waals surface area contributed by atoms with Gasteiger partial charge in [-0.3, -0.25) is 4.79 Å². The van der Waals surface area contributed by atoms with Gasteiger partial charge in [-0.15, -0.1) is 0 Å². The highest BCUT2D eigenvalue weighted by Crippen LogP contribution is 2.40. The van der Waals surface area contributed by atoms with Gasteiger partial charge in [0.25, 0.3) is 5.91 Å². The molecule has 3 aliphatic rings. The largest absolute Gasteiger partial charge is 0.442 e. The van der Waals surface area contributed by atoms with Gasteiger partial charge in [0, 0.05) is 31.2 Å². The number of hydrogen-bond donors (Lipinski definition) is 1. The molecule has 5 heterocycles. The molecule has 0 radical (unpaired) electrons. The summed E-state index contributed by atoms with van der Waals surface area (Å²) in [5, 5.41) is 4.16. The number of hydrogen-bond acceptors (Lipinski definition) is 8. The average Bonchev–Trinajstić information content (AvgIpc) is 3.46. The summed E-state index contributed by atoms with van der Waals surface area (Å²) in [4.78, 5) is 33.5. The Bertz CT molecular complexity index is 1230. The fraction of sp³-hybridized carbons (Fsp3) is 0.542. The molecule has 6 rings (SSSR count). The van der Waals surface area contributed by atoms with Crippen LogP contribution >= 0.6 is 0 Å². The highest BCUT2D eigenvalue weighted by Gasteiger charge is 2.39. The van der Waals surface area contributed by atoms with E-state index in [2.05, 4.69) is 32.2 Å². The van der Waals surface area contributed by atoms with Crippen LogP contribution in [-0.2, 0) is 17.7 Å². The first-order valence-electron chi connectivity index (χ1n) is 11.7. The number of ether oxygens (including phenoxy) is 1. The van der Waals surface area contributed by atoms with Crippen LogP contribution in [0.25, 0.3) is 11.1 Å². The summed E-state index contributed by atoms with van der Waals surface area (Å²) < 4.78 is 11.4. The summed E-state index contributed by atoms with van der Waals surface area (Å²) in [5.41, 5.74) is 4.29. The fourth-order valence-corrected chi connectivity index (χ4v) is 5.03. The van der Waals surface area contributed by atoms with Gasteiger partial charge >= 0.3 is 0 Å². The zero-order chi connectivity index (χ0) is 22.6. The molecule has 1 saturated heterocycles. The van der Waals surface area contributed by atoms with Crippen molar-refractivity contribution in [2.45, 2.75) is 64.0 Å². The fourth-order valence-electron chi connectivity index (χ4n) is 5.03. The molecular formula is C24H28N6O3. The normalized spacial score (nSPS) is 20.0. The van der Waals surface area contributed by atoms with Crippen LogP contribution in [0.1, 0.15) is 71.6 Å². The van der Waals surface area contributed by atoms with Crippen LogP contribution in [0.4, 0.5) is 5.82 Å². The number of aryl methyl sites for hydroxylation is 1. The van der Waals surface area contributed by atoms with E-state index < -0.39 is 0 Å². The van der Waals surface area contributed by atoms with Gasteiger partial charge in [0.2, 0.25) is 5.71 Å². The molecule has 3 aromatic rings. The van der Waals surface area contributed by atoms with Gasteiger partial charge in [0.1, 0.15) is 24.2 Å². The highest BCUT2D eigenvalue weighted by atomic mass is 16.5. The summed E-state index contributed by atoms with van der Waals surface area (Å²) >= 11 is 0. The Balaban J connectivity index is 1.32. The lowest BCUT2D eigenvalue weighted by molar-refractivity contribution is 0.0728. The van der Waals surface area contributed by atoms with Gasteiger partial charge < -0.3 is 19.4 Å². The molecule has 0 aromatic carbocycles. The molecule has 9 nitrogen and oxygen atoms in total. The van der Waals surface area contributed by atoms with Gasteiger partial charge in [-0.05, 0) is 51.5 Å². The Morgan fingerprint density at radius 2 is 1.94 bits per heavy atom. The summed E-state index contributed by atoms with van der Waals surface area (Å²) in [5.74, 6) is 1.58. The van der Waals surface area contributed by atoms with E-state index >= 15 is 0 Å². The van der Waals surface area contributed by atoms with Crippen molar-refractivity contribution < 1.29 is 13.9 Å². The molecule has 0 spiro atoms. The van der Waals surface area contributed by atoms with Crippen molar-refractivity contribution in [2.24, 2.45) is 0 Å². The first kappa shape index (κ1) is 20.5. The van der Waals surface area contributed by atoms with Crippen LogP contribution in [0.15, 0.2) is 17.1 Å². The maximum Gasteiger partial charge on any atom is 0.258 e. The molecule has 2 fully saturated rings. The number of nitrogens with zero attached hydrogens (tertiary/aromatic N) is 5. The Morgan fingerprint density at radius 1 is 1.15 bits per heavy atom. The monoisotopic (exact) mass is 448 g/mol. The number of fused-ring (bicyclic) bond motifs is 2. The smallest absolute Gasteiger partial charge is 0.258 e. The quantitative estimate of drug-likeness (QED) is 0.647. The van der Waals surface area contributed by atoms with Crippen molar-refractivity contribution in [1.29, 1.82) is 0 Å². The number of carbonyl (C=O) groups is 1. The van der Waals surface area contributed by atoms with E-state index in [1.54, 1.807) is 6.33 Å².